The van der Waals surface area contributed by atoms with Crippen molar-refractivity contribution in [2.75, 3.05) is 17.7 Å². The number of nitrogens with two attached hydrogens (primary N) is 1. The second kappa shape index (κ2) is 10.7. The highest BCUT2D eigenvalue weighted by atomic mass is 19.3. The van der Waals surface area contributed by atoms with Crippen molar-refractivity contribution in [3.63, 3.8) is 0 Å². The maximum atomic E-state index is 12.8. The lowest BCUT2D eigenvalue weighted by atomic mass is 10.1. The molecule has 38 heavy (non-hydrogen) atoms. The van der Waals surface area contributed by atoms with Gasteiger partial charge in [0.25, 0.3) is 5.91 Å². The molecule has 200 valence electrons. The number of anilines is 3. The molecule has 0 saturated heterocycles. The molecule has 2 fully saturated rings. The lowest BCUT2D eigenvalue weighted by molar-refractivity contribution is -0.169. The van der Waals surface area contributed by atoms with E-state index >= 15 is 0 Å². The van der Waals surface area contributed by atoms with Gasteiger partial charge in [-0.3, -0.25) is 14.3 Å². The molecule has 0 radical (unpaired) electrons. The number of primary amides is 1. The molecule has 2 saturated carbocycles. The topological polar surface area (TPSA) is 146 Å². The molecule has 4 N–H and O–H groups in total. The molecule has 0 unspecified atom stereocenters. The number of methoxy groups -OCH3 is 1. The highest BCUT2D eigenvalue weighted by Gasteiger charge is 2.33. The summed E-state index contributed by atoms with van der Waals surface area (Å²) in [6.45, 7) is -2.84. The average Bonchev–Trinajstić information content (AvgIpc) is 3.46. The number of nitrogens with zero attached hydrogens (tertiary/aromatic N) is 4. The highest BCUT2D eigenvalue weighted by molar-refractivity contribution is 5.99. The van der Waals surface area contributed by atoms with Gasteiger partial charge in [0, 0.05) is 29.3 Å². The predicted octanol–water partition coefficient (Wildman–Crippen LogP) is 3.87. The Morgan fingerprint density at radius 2 is 1.97 bits per heavy atom. The van der Waals surface area contributed by atoms with Crippen molar-refractivity contribution in [2.24, 2.45) is 11.7 Å². The third kappa shape index (κ3) is 5.42. The Balaban J connectivity index is 1.43. The first-order valence-corrected chi connectivity index (χ1v) is 12.2. The number of hydrogen-bond acceptors (Lipinski definition) is 8. The minimum Gasteiger partial charge on any atom is -0.494 e. The number of halogens is 2. The summed E-state index contributed by atoms with van der Waals surface area (Å²) in [7, 11) is 1.50. The predicted molar refractivity (Wildman–Crippen MR) is 133 cm³/mol. The largest absolute Gasteiger partial charge is 0.494 e. The van der Waals surface area contributed by atoms with Crippen molar-refractivity contribution in [1.82, 2.24) is 20.0 Å². The number of rotatable bonds is 10. The monoisotopic (exact) mass is 527 g/mol. The normalized spacial score (nSPS) is 18.9. The van der Waals surface area contributed by atoms with Crippen molar-refractivity contribution >= 4 is 29.0 Å². The van der Waals surface area contributed by atoms with E-state index in [1.807, 2.05) is 6.07 Å². The van der Waals surface area contributed by atoms with Gasteiger partial charge in [0.1, 0.15) is 5.75 Å². The fourth-order valence-corrected chi connectivity index (χ4v) is 4.69. The molecule has 2 amide bonds. The molecule has 3 aromatic rings. The van der Waals surface area contributed by atoms with Crippen LogP contribution in [0.25, 0.3) is 11.1 Å². The third-order valence-electron chi connectivity index (χ3n) is 6.66. The first kappa shape index (κ1) is 25.5. The summed E-state index contributed by atoms with van der Waals surface area (Å²) < 4.78 is 37.8. The van der Waals surface area contributed by atoms with Gasteiger partial charge in [-0.15, -0.1) is 10.2 Å². The van der Waals surface area contributed by atoms with Crippen LogP contribution in [-0.4, -0.2) is 51.6 Å². The number of nitrogens with one attached hydrogen (secondary N) is 2. The van der Waals surface area contributed by atoms with Crippen LogP contribution in [0.2, 0.25) is 0 Å². The molecule has 13 heteroatoms. The number of para-hydroxylation sites is 1. The zero-order valence-electron chi connectivity index (χ0n) is 20.6. The van der Waals surface area contributed by atoms with Gasteiger partial charge in [-0.2, -0.15) is 13.9 Å². The molecule has 5 rings (SSSR count). The van der Waals surface area contributed by atoms with Crippen molar-refractivity contribution in [3.8, 4) is 16.9 Å². The number of alkyl halides is 2. The first-order valence-electron chi connectivity index (χ1n) is 12.2. The van der Waals surface area contributed by atoms with Crippen LogP contribution in [0.1, 0.15) is 48.6 Å². The van der Waals surface area contributed by atoms with Crippen LogP contribution >= 0.6 is 0 Å². The van der Waals surface area contributed by atoms with Crippen LogP contribution in [0.4, 0.5) is 26.0 Å². The number of carbonyl (C=O) groups excluding carboxylic acids is 2. The lowest BCUT2D eigenvalue weighted by Gasteiger charge is -2.20. The van der Waals surface area contributed by atoms with E-state index < -0.39 is 18.6 Å². The quantitative estimate of drug-likeness (QED) is 0.360. The molecule has 2 heterocycles. The fraction of sp³-hybridized carbons (Fsp3) is 0.400. The fourth-order valence-electron chi connectivity index (χ4n) is 4.69. The van der Waals surface area contributed by atoms with E-state index in [2.05, 4.69) is 25.9 Å². The van der Waals surface area contributed by atoms with Gasteiger partial charge in [0.2, 0.25) is 5.91 Å². The van der Waals surface area contributed by atoms with Crippen LogP contribution in [0.5, 0.6) is 5.75 Å². The van der Waals surface area contributed by atoms with Crippen LogP contribution < -0.4 is 21.1 Å². The van der Waals surface area contributed by atoms with Gasteiger partial charge in [0.15, 0.2) is 11.5 Å². The standard InChI is InChI=1S/C25H27F2N7O4/c1-37-22-15(14-11-29-34(12-14)18-6-3-7-19(18)38-25(26)27)4-2-5-16(22)30-17-10-20(31-24(36)13-8-9-13)32-33-21(17)23(28)35/h2,4-5,10-13,18-19,25H,3,6-9H2,1H3,(H2,28,35)(H2,30,31,32,36)/t18-,19-/m0/s1. The van der Waals surface area contributed by atoms with E-state index in [1.54, 1.807) is 29.2 Å². The molecule has 2 atom stereocenters. The first-order chi connectivity index (χ1) is 18.3. The van der Waals surface area contributed by atoms with E-state index in [1.165, 1.54) is 13.2 Å². The highest BCUT2D eigenvalue weighted by Crippen LogP contribution is 2.40. The van der Waals surface area contributed by atoms with Crippen LogP contribution in [0.3, 0.4) is 0 Å². The Morgan fingerprint density at radius 3 is 2.68 bits per heavy atom. The summed E-state index contributed by atoms with van der Waals surface area (Å²) in [5.41, 5.74) is 7.51. The van der Waals surface area contributed by atoms with E-state index in [4.69, 9.17) is 15.2 Å². The molecule has 2 aromatic heterocycles. The number of ether oxygens (including phenoxy) is 2. The number of aromatic nitrogens is 4. The zero-order chi connectivity index (χ0) is 26.8. The Bertz CT molecular complexity index is 1340. The van der Waals surface area contributed by atoms with Crippen molar-refractivity contribution in [2.45, 2.75) is 50.9 Å². The SMILES string of the molecule is COc1c(Nc2cc(NC(=O)C3CC3)nnc2C(N)=O)cccc1-c1cnn([C@H]2CCC[C@@H]2OC(F)F)c1. The van der Waals surface area contributed by atoms with E-state index in [9.17, 15) is 18.4 Å². The molecule has 11 nitrogen and oxygen atoms in total. The minimum atomic E-state index is -2.84. The molecule has 0 aliphatic heterocycles. The summed E-state index contributed by atoms with van der Waals surface area (Å²) in [6, 6.07) is 6.54. The molecule has 0 bridgehead atoms. The van der Waals surface area contributed by atoms with Gasteiger partial charge in [-0.05, 0) is 38.2 Å². The molecular weight excluding hydrogens is 500 g/mol. The van der Waals surface area contributed by atoms with Gasteiger partial charge >= 0.3 is 6.61 Å². The summed E-state index contributed by atoms with van der Waals surface area (Å²) in [4.78, 5) is 24.2. The van der Waals surface area contributed by atoms with Crippen LogP contribution in [0.15, 0.2) is 36.7 Å². The summed E-state index contributed by atoms with van der Waals surface area (Å²) in [6.07, 6.45) is 6.43. The number of carbonyl (C=O) groups is 2. The van der Waals surface area contributed by atoms with Crippen LogP contribution in [0, 0.1) is 5.92 Å². The van der Waals surface area contributed by atoms with Gasteiger partial charge in [0.05, 0.1) is 36.8 Å². The van der Waals surface area contributed by atoms with Crippen molar-refractivity contribution in [1.29, 1.82) is 0 Å². The Kier molecular flexibility index (Phi) is 7.18. The minimum absolute atomic E-state index is 0.0387. The molecule has 0 spiro atoms. The molecular formula is C25H27F2N7O4. The van der Waals surface area contributed by atoms with Gasteiger partial charge < -0.3 is 25.8 Å². The smallest absolute Gasteiger partial charge is 0.345 e. The summed E-state index contributed by atoms with van der Waals surface area (Å²) in [5, 5.41) is 18.0. The van der Waals surface area contributed by atoms with E-state index in [0.29, 0.717) is 35.4 Å². The molecule has 2 aliphatic carbocycles. The van der Waals surface area contributed by atoms with E-state index in [-0.39, 0.29) is 35.1 Å². The lowest BCUT2D eigenvalue weighted by Crippen LogP contribution is -2.24. The summed E-state index contributed by atoms with van der Waals surface area (Å²) >= 11 is 0. The van der Waals surface area contributed by atoms with Gasteiger partial charge in [-0.25, -0.2) is 0 Å². The van der Waals surface area contributed by atoms with Gasteiger partial charge in [-0.1, -0.05) is 12.1 Å². The molecule has 2 aliphatic rings. The van der Waals surface area contributed by atoms with Crippen molar-refractivity contribution in [3.05, 3.63) is 42.4 Å². The van der Waals surface area contributed by atoms with E-state index in [0.717, 1.165) is 19.3 Å². The second-order valence-corrected chi connectivity index (χ2v) is 9.27. The molecule has 1 aromatic carbocycles. The van der Waals surface area contributed by atoms with Crippen molar-refractivity contribution < 1.29 is 27.8 Å². The zero-order valence-corrected chi connectivity index (χ0v) is 20.6. The Morgan fingerprint density at radius 1 is 1.16 bits per heavy atom. The number of amides is 2. The number of hydrogen-bond donors (Lipinski definition) is 3. The second-order valence-electron chi connectivity index (χ2n) is 9.27. The summed E-state index contributed by atoms with van der Waals surface area (Å²) in [5.74, 6) is -0.369. The maximum Gasteiger partial charge on any atom is 0.345 e. The Labute approximate surface area is 216 Å². The Hall–Kier alpha value is -4.13. The third-order valence-corrected chi connectivity index (χ3v) is 6.66. The maximum absolute atomic E-state index is 12.8. The average molecular weight is 528 g/mol. The van der Waals surface area contributed by atoms with Crippen LogP contribution in [-0.2, 0) is 9.53 Å². The number of benzene rings is 1.